The number of aromatic nitrogens is 1. The molecule has 0 aliphatic rings. The normalized spacial score (nSPS) is 10.7. The highest BCUT2D eigenvalue weighted by atomic mass is 19.1. The summed E-state index contributed by atoms with van der Waals surface area (Å²) in [5.41, 5.74) is 0.503. The van der Waals surface area contributed by atoms with E-state index in [0.29, 0.717) is 11.3 Å². The van der Waals surface area contributed by atoms with Crippen molar-refractivity contribution >= 4 is 28.3 Å². The van der Waals surface area contributed by atoms with Gasteiger partial charge in [-0.05, 0) is 43.3 Å². The molecule has 1 aromatic heterocycles. The minimum absolute atomic E-state index is 0.0803. The van der Waals surface area contributed by atoms with Crippen LogP contribution in [0.5, 0.6) is 0 Å². The molecular formula is C19H15FN2O3. The van der Waals surface area contributed by atoms with Gasteiger partial charge in [-0.1, -0.05) is 6.07 Å². The van der Waals surface area contributed by atoms with Gasteiger partial charge in [0.25, 0.3) is 5.91 Å². The monoisotopic (exact) mass is 338 g/mol. The number of hydrogen-bond acceptors (Lipinski definition) is 3. The number of amides is 1. The Bertz CT molecular complexity index is 1050. The average molecular weight is 338 g/mol. The Morgan fingerprint density at radius 1 is 1.08 bits per heavy atom. The molecule has 0 bridgehead atoms. The summed E-state index contributed by atoms with van der Waals surface area (Å²) in [6, 6.07) is 10.5. The van der Waals surface area contributed by atoms with Crippen molar-refractivity contribution in [2.45, 2.75) is 6.92 Å². The number of nitrogens with one attached hydrogen (secondary N) is 1. The summed E-state index contributed by atoms with van der Waals surface area (Å²) in [6.45, 7) is 1.45. The molecule has 2 aromatic carbocycles. The van der Waals surface area contributed by atoms with E-state index in [1.165, 1.54) is 35.9 Å². The van der Waals surface area contributed by atoms with E-state index in [-0.39, 0.29) is 22.2 Å². The van der Waals surface area contributed by atoms with Crippen molar-refractivity contribution in [1.82, 2.24) is 4.57 Å². The number of para-hydroxylation sites is 1. The van der Waals surface area contributed by atoms with E-state index in [1.807, 2.05) is 0 Å². The van der Waals surface area contributed by atoms with Gasteiger partial charge in [0, 0.05) is 29.9 Å². The topological polar surface area (TPSA) is 68.2 Å². The van der Waals surface area contributed by atoms with Crippen molar-refractivity contribution < 1.29 is 14.0 Å². The van der Waals surface area contributed by atoms with Gasteiger partial charge in [0.2, 0.25) is 5.43 Å². The fourth-order valence-corrected chi connectivity index (χ4v) is 2.67. The third kappa shape index (κ3) is 3.06. The van der Waals surface area contributed by atoms with Crippen molar-refractivity contribution in [3.05, 3.63) is 75.8 Å². The van der Waals surface area contributed by atoms with Crippen LogP contribution in [0.3, 0.4) is 0 Å². The Kier molecular flexibility index (Phi) is 4.19. The van der Waals surface area contributed by atoms with E-state index in [9.17, 15) is 18.8 Å². The molecule has 0 spiro atoms. The number of pyridine rings is 1. The first-order valence-corrected chi connectivity index (χ1v) is 7.58. The first-order valence-electron chi connectivity index (χ1n) is 7.58. The minimum atomic E-state index is -0.595. The molecule has 0 radical (unpaired) electrons. The van der Waals surface area contributed by atoms with Crippen LogP contribution >= 0.6 is 0 Å². The third-order valence-electron chi connectivity index (χ3n) is 3.95. The highest BCUT2D eigenvalue weighted by Gasteiger charge is 2.16. The average Bonchev–Trinajstić information content (AvgIpc) is 2.58. The molecule has 1 heterocycles. The van der Waals surface area contributed by atoms with Gasteiger partial charge >= 0.3 is 0 Å². The molecular weight excluding hydrogens is 323 g/mol. The van der Waals surface area contributed by atoms with Gasteiger partial charge in [0.05, 0.1) is 5.52 Å². The van der Waals surface area contributed by atoms with E-state index in [4.69, 9.17) is 0 Å². The van der Waals surface area contributed by atoms with Gasteiger partial charge in [-0.25, -0.2) is 4.39 Å². The SMILES string of the molecule is CC(=O)c1ccc(NC(=O)c2cn(C)c3c(F)cccc3c2=O)cc1. The zero-order chi connectivity index (χ0) is 18.1. The minimum Gasteiger partial charge on any atom is -0.347 e. The molecule has 6 heteroatoms. The van der Waals surface area contributed by atoms with Crippen LogP contribution in [0.15, 0.2) is 53.5 Å². The maximum Gasteiger partial charge on any atom is 0.261 e. The van der Waals surface area contributed by atoms with Gasteiger partial charge in [0.1, 0.15) is 11.4 Å². The Morgan fingerprint density at radius 3 is 2.40 bits per heavy atom. The molecule has 1 amide bonds. The van der Waals surface area contributed by atoms with E-state index < -0.39 is 17.2 Å². The quantitative estimate of drug-likeness (QED) is 0.746. The Morgan fingerprint density at radius 2 is 1.76 bits per heavy atom. The zero-order valence-corrected chi connectivity index (χ0v) is 13.7. The van der Waals surface area contributed by atoms with Crippen LogP contribution in [0, 0.1) is 5.82 Å². The number of benzene rings is 2. The van der Waals surface area contributed by atoms with Crippen LogP contribution < -0.4 is 10.7 Å². The van der Waals surface area contributed by atoms with E-state index in [0.717, 1.165) is 0 Å². The predicted octanol–water partition coefficient (Wildman–Crippen LogP) is 3.13. The number of halogens is 1. The first kappa shape index (κ1) is 16.6. The highest BCUT2D eigenvalue weighted by Crippen LogP contribution is 2.16. The molecule has 0 atom stereocenters. The molecule has 0 aliphatic carbocycles. The third-order valence-corrected chi connectivity index (χ3v) is 3.95. The number of Topliss-reactive ketones (excluding diaryl/α,β-unsaturated/α-hetero) is 1. The summed E-state index contributed by atoms with van der Waals surface area (Å²) in [6.07, 6.45) is 1.31. The highest BCUT2D eigenvalue weighted by molar-refractivity contribution is 6.06. The maximum absolute atomic E-state index is 13.9. The summed E-state index contributed by atoms with van der Waals surface area (Å²) < 4.78 is 15.3. The second kappa shape index (κ2) is 6.32. The Labute approximate surface area is 142 Å². The summed E-state index contributed by atoms with van der Waals surface area (Å²) >= 11 is 0. The molecule has 0 unspecified atom stereocenters. The lowest BCUT2D eigenvalue weighted by molar-refractivity contribution is 0.101. The smallest absolute Gasteiger partial charge is 0.261 e. The van der Waals surface area contributed by atoms with Crippen molar-refractivity contribution in [1.29, 1.82) is 0 Å². The van der Waals surface area contributed by atoms with Gasteiger partial charge < -0.3 is 9.88 Å². The summed E-state index contributed by atoms with van der Waals surface area (Å²) in [5, 5.41) is 2.76. The van der Waals surface area contributed by atoms with Crippen LogP contribution in [-0.4, -0.2) is 16.3 Å². The standard InChI is InChI=1S/C19H15FN2O3/c1-11(23)12-6-8-13(9-7-12)21-19(25)15-10-22(2)17-14(18(15)24)4-3-5-16(17)20/h3-10H,1-2H3,(H,21,25). The number of nitrogens with zero attached hydrogens (tertiary/aromatic N) is 1. The number of ketones is 1. The molecule has 0 fully saturated rings. The number of carbonyl (C=O) groups excluding carboxylic acids is 2. The molecule has 1 N–H and O–H groups in total. The molecule has 126 valence electrons. The predicted molar refractivity (Wildman–Crippen MR) is 93.5 cm³/mol. The van der Waals surface area contributed by atoms with Gasteiger partial charge in [-0.2, -0.15) is 0 Å². The number of hydrogen-bond donors (Lipinski definition) is 1. The molecule has 0 saturated heterocycles. The van der Waals surface area contributed by atoms with Crippen LogP contribution in [0.4, 0.5) is 10.1 Å². The lowest BCUT2D eigenvalue weighted by atomic mass is 10.1. The van der Waals surface area contributed by atoms with Crippen molar-refractivity contribution in [3.8, 4) is 0 Å². The lowest BCUT2D eigenvalue weighted by Crippen LogP contribution is -2.23. The van der Waals surface area contributed by atoms with Crippen molar-refractivity contribution in [3.63, 3.8) is 0 Å². The number of anilines is 1. The second-order valence-corrected chi connectivity index (χ2v) is 5.71. The zero-order valence-electron chi connectivity index (χ0n) is 13.7. The van der Waals surface area contributed by atoms with Gasteiger partial charge in [-0.15, -0.1) is 0 Å². The van der Waals surface area contributed by atoms with Crippen LogP contribution in [0.1, 0.15) is 27.6 Å². The maximum atomic E-state index is 13.9. The van der Waals surface area contributed by atoms with Crippen molar-refractivity contribution in [2.75, 3.05) is 5.32 Å². The van der Waals surface area contributed by atoms with Crippen LogP contribution in [0.25, 0.3) is 10.9 Å². The summed E-state index contributed by atoms with van der Waals surface area (Å²) in [7, 11) is 1.57. The van der Waals surface area contributed by atoms with E-state index in [1.54, 1.807) is 31.3 Å². The largest absolute Gasteiger partial charge is 0.347 e. The van der Waals surface area contributed by atoms with Crippen LogP contribution in [0.2, 0.25) is 0 Å². The second-order valence-electron chi connectivity index (χ2n) is 5.71. The van der Waals surface area contributed by atoms with Crippen molar-refractivity contribution in [2.24, 2.45) is 7.05 Å². The summed E-state index contributed by atoms with van der Waals surface area (Å²) in [5.74, 6) is -1.20. The number of aryl methyl sites for hydroxylation is 1. The Balaban J connectivity index is 1.99. The number of carbonyl (C=O) groups is 2. The van der Waals surface area contributed by atoms with E-state index in [2.05, 4.69) is 5.32 Å². The molecule has 3 aromatic rings. The molecule has 0 saturated carbocycles. The molecule has 3 rings (SSSR count). The molecule has 5 nitrogen and oxygen atoms in total. The number of rotatable bonds is 3. The first-order chi connectivity index (χ1) is 11.9. The van der Waals surface area contributed by atoms with Gasteiger partial charge in [-0.3, -0.25) is 14.4 Å². The fourth-order valence-electron chi connectivity index (χ4n) is 2.67. The van der Waals surface area contributed by atoms with E-state index >= 15 is 0 Å². The Hall–Kier alpha value is -3.28. The molecule has 25 heavy (non-hydrogen) atoms. The molecule has 0 aliphatic heterocycles. The summed E-state index contributed by atoms with van der Waals surface area (Å²) in [4.78, 5) is 36.2. The van der Waals surface area contributed by atoms with Gasteiger partial charge in [0.15, 0.2) is 5.78 Å². The van der Waals surface area contributed by atoms with Crippen LogP contribution in [-0.2, 0) is 7.05 Å². The fraction of sp³-hybridized carbons (Fsp3) is 0.105. The lowest BCUT2D eigenvalue weighted by Gasteiger charge is -2.10. The number of fused-ring (bicyclic) bond motifs is 1.